The summed E-state index contributed by atoms with van der Waals surface area (Å²) in [6, 6.07) is 9.18. The van der Waals surface area contributed by atoms with E-state index in [9.17, 15) is 18.7 Å². The number of aliphatic hydroxyl groups is 1. The number of hydrogen-bond acceptors (Lipinski definition) is 5. The van der Waals surface area contributed by atoms with E-state index in [0.717, 1.165) is 35.5 Å². The van der Waals surface area contributed by atoms with Gasteiger partial charge in [-0.05, 0) is 67.7 Å². The molecule has 0 radical (unpaired) electrons. The minimum atomic E-state index is -0.909. The van der Waals surface area contributed by atoms with Crippen molar-refractivity contribution in [1.29, 1.82) is 0 Å². The van der Waals surface area contributed by atoms with E-state index in [1.54, 1.807) is 23.2 Å². The Bertz CT molecular complexity index is 1340. The number of aryl methyl sites for hydroxylation is 1. The number of amides is 1. The number of rotatable bonds is 6. The number of imidazole rings is 1. The van der Waals surface area contributed by atoms with Crippen molar-refractivity contribution in [3.8, 4) is 11.4 Å². The number of nitrogens with zero attached hydrogens (tertiary/aromatic N) is 4. The summed E-state index contributed by atoms with van der Waals surface area (Å²) in [4.78, 5) is 21.3. The van der Waals surface area contributed by atoms with Gasteiger partial charge < -0.3 is 19.3 Å². The van der Waals surface area contributed by atoms with Crippen molar-refractivity contribution in [2.45, 2.75) is 45.0 Å². The molecule has 3 aromatic rings. The molecular weight excluding hydrogens is 478 g/mol. The number of carbonyl (C=O) groups excluding carboxylic acids is 1. The molecule has 1 N–H and O–H groups in total. The van der Waals surface area contributed by atoms with Crippen molar-refractivity contribution in [2.75, 3.05) is 20.2 Å². The van der Waals surface area contributed by atoms with Crippen LogP contribution in [-0.2, 0) is 11.3 Å². The molecule has 7 nitrogen and oxygen atoms in total. The van der Waals surface area contributed by atoms with E-state index in [1.807, 2.05) is 42.0 Å². The Hall–Kier alpha value is -3.56. The number of aromatic nitrogens is 2. The van der Waals surface area contributed by atoms with Gasteiger partial charge in [0, 0.05) is 31.4 Å². The Labute approximate surface area is 214 Å². The zero-order valence-corrected chi connectivity index (χ0v) is 20.9. The third-order valence-corrected chi connectivity index (χ3v) is 7.12. The maximum atomic E-state index is 13.6. The van der Waals surface area contributed by atoms with Gasteiger partial charge in [-0.2, -0.15) is 0 Å². The largest absolute Gasteiger partial charge is 0.495 e. The van der Waals surface area contributed by atoms with Crippen LogP contribution in [0.1, 0.15) is 36.1 Å². The van der Waals surface area contributed by atoms with Crippen LogP contribution in [0, 0.1) is 18.6 Å². The summed E-state index contributed by atoms with van der Waals surface area (Å²) in [6.45, 7) is 3.33. The molecule has 0 spiro atoms. The summed E-state index contributed by atoms with van der Waals surface area (Å²) in [7, 11) is 1.61. The van der Waals surface area contributed by atoms with Gasteiger partial charge >= 0.3 is 0 Å². The predicted molar refractivity (Wildman–Crippen MR) is 135 cm³/mol. The number of ether oxygens (including phenoxy) is 1. The van der Waals surface area contributed by atoms with E-state index >= 15 is 0 Å². The molecule has 1 unspecified atom stereocenters. The van der Waals surface area contributed by atoms with E-state index in [-0.39, 0.29) is 18.5 Å². The van der Waals surface area contributed by atoms with Crippen molar-refractivity contribution < 1.29 is 23.4 Å². The average Bonchev–Trinajstić information content (AvgIpc) is 3.48. The number of halogens is 2. The first-order valence-electron chi connectivity index (χ1n) is 12.4. The normalized spacial score (nSPS) is 21.7. The molecule has 2 aliphatic rings. The molecule has 9 heteroatoms. The first-order valence-corrected chi connectivity index (χ1v) is 12.4. The summed E-state index contributed by atoms with van der Waals surface area (Å²) < 4.78 is 34.4. The third-order valence-electron chi connectivity index (χ3n) is 7.12. The van der Waals surface area contributed by atoms with Gasteiger partial charge in [-0.15, -0.1) is 0 Å². The molecule has 1 aromatic heterocycles. The standard InChI is InChI=1S/C28H30F2N4O3/c1-18-15-33(17-31-18)24-8-6-19(14-26(24)37-2)12-21-4-3-10-34(27(21)35)25-9-11-32(28(25)36)16-20-5-7-22(29)23(30)13-20/h5-8,12-15,17,25,28,36H,3-4,9-11,16H2,1-2H3/t25-,28?/m0/s1. The summed E-state index contributed by atoms with van der Waals surface area (Å²) in [5, 5.41) is 11.0. The van der Waals surface area contributed by atoms with Crippen molar-refractivity contribution in [3.63, 3.8) is 0 Å². The predicted octanol–water partition coefficient (Wildman–Crippen LogP) is 4.07. The van der Waals surface area contributed by atoms with Gasteiger partial charge in [0.25, 0.3) is 0 Å². The quantitative estimate of drug-likeness (QED) is 0.509. The van der Waals surface area contributed by atoms with Gasteiger partial charge in [0.15, 0.2) is 11.6 Å². The van der Waals surface area contributed by atoms with Gasteiger partial charge in [0.05, 0.1) is 30.9 Å². The molecule has 2 aliphatic heterocycles. The number of likely N-dealkylation sites (tertiary alicyclic amines) is 2. The highest BCUT2D eigenvalue weighted by Gasteiger charge is 2.40. The second-order valence-corrected chi connectivity index (χ2v) is 9.61. The fraction of sp³-hybridized carbons (Fsp3) is 0.357. The van der Waals surface area contributed by atoms with Gasteiger partial charge in [-0.1, -0.05) is 12.1 Å². The van der Waals surface area contributed by atoms with Crippen LogP contribution in [0.5, 0.6) is 5.75 Å². The lowest BCUT2D eigenvalue weighted by Crippen LogP contribution is -2.50. The van der Waals surface area contributed by atoms with Crippen LogP contribution in [-0.4, -0.2) is 62.8 Å². The van der Waals surface area contributed by atoms with Gasteiger partial charge in [0.1, 0.15) is 12.0 Å². The maximum Gasteiger partial charge on any atom is 0.250 e. The number of hydrogen-bond donors (Lipinski definition) is 1. The molecule has 3 heterocycles. The molecule has 0 aliphatic carbocycles. The van der Waals surface area contributed by atoms with Crippen LogP contribution in [0.4, 0.5) is 8.78 Å². The fourth-order valence-corrected chi connectivity index (χ4v) is 5.22. The molecule has 194 valence electrons. The van der Waals surface area contributed by atoms with E-state index in [4.69, 9.17) is 4.74 Å². The van der Waals surface area contributed by atoms with E-state index in [0.29, 0.717) is 42.8 Å². The minimum Gasteiger partial charge on any atom is -0.495 e. The summed E-state index contributed by atoms with van der Waals surface area (Å²) in [5.74, 6) is -1.22. The molecule has 1 amide bonds. The summed E-state index contributed by atoms with van der Waals surface area (Å²) >= 11 is 0. The van der Waals surface area contributed by atoms with Crippen LogP contribution < -0.4 is 4.74 Å². The molecule has 2 atom stereocenters. The Kier molecular flexibility index (Phi) is 7.08. The average molecular weight is 509 g/mol. The first-order chi connectivity index (χ1) is 17.8. The summed E-state index contributed by atoms with van der Waals surface area (Å²) in [5.41, 5.74) is 3.88. The van der Waals surface area contributed by atoms with E-state index in [1.165, 1.54) is 6.07 Å². The Morgan fingerprint density at radius 2 is 2.00 bits per heavy atom. The van der Waals surface area contributed by atoms with E-state index in [2.05, 4.69) is 4.98 Å². The zero-order chi connectivity index (χ0) is 26.1. The van der Waals surface area contributed by atoms with Crippen molar-refractivity contribution in [2.24, 2.45) is 0 Å². The number of aliphatic hydroxyl groups excluding tert-OH is 1. The second kappa shape index (κ2) is 10.4. The molecule has 37 heavy (non-hydrogen) atoms. The molecule has 2 saturated heterocycles. The molecule has 0 saturated carbocycles. The lowest BCUT2D eigenvalue weighted by molar-refractivity contribution is -0.135. The zero-order valence-electron chi connectivity index (χ0n) is 20.9. The van der Waals surface area contributed by atoms with Crippen LogP contribution in [0.25, 0.3) is 11.8 Å². The number of methoxy groups -OCH3 is 1. The topological polar surface area (TPSA) is 70.8 Å². The smallest absolute Gasteiger partial charge is 0.250 e. The maximum absolute atomic E-state index is 13.6. The number of benzene rings is 2. The second-order valence-electron chi connectivity index (χ2n) is 9.61. The summed E-state index contributed by atoms with van der Waals surface area (Å²) in [6.07, 6.45) is 6.72. The van der Waals surface area contributed by atoms with E-state index < -0.39 is 17.9 Å². The van der Waals surface area contributed by atoms with Crippen LogP contribution in [0.2, 0.25) is 0 Å². The molecule has 2 fully saturated rings. The van der Waals surface area contributed by atoms with Crippen LogP contribution >= 0.6 is 0 Å². The molecular formula is C28H30F2N4O3. The fourth-order valence-electron chi connectivity index (χ4n) is 5.22. The Morgan fingerprint density at radius 3 is 2.73 bits per heavy atom. The highest BCUT2D eigenvalue weighted by Crippen LogP contribution is 2.31. The SMILES string of the molecule is COc1cc(C=C2CCCN([C@H]3CCN(Cc4ccc(F)c(F)c4)C3O)C2=O)ccc1-n1cnc(C)c1. The minimum absolute atomic E-state index is 0.0849. The lowest BCUT2D eigenvalue weighted by Gasteiger charge is -2.36. The van der Waals surface area contributed by atoms with Gasteiger partial charge in [-0.25, -0.2) is 13.8 Å². The van der Waals surface area contributed by atoms with Crippen LogP contribution in [0.3, 0.4) is 0 Å². The highest BCUT2D eigenvalue weighted by molar-refractivity contribution is 5.98. The number of carbonyl (C=O) groups is 1. The molecule has 2 aromatic carbocycles. The van der Waals surface area contributed by atoms with Crippen molar-refractivity contribution >= 4 is 12.0 Å². The highest BCUT2D eigenvalue weighted by atomic mass is 19.2. The van der Waals surface area contributed by atoms with Crippen molar-refractivity contribution in [3.05, 3.63) is 83.0 Å². The monoisotopic (exact) mass is 508 g/mol. The lowest BCUT2D eigenvalue weighted by atomic mass is 9.98. The van der Waals surface area contributed by atoms with Gasteiger partial charge in [0.2, 0.25) is 5.91 Å². The first kappa shape index (κ1) is 25.1. The Balaban J connectivity index is 1.31. The molecule has 5 rings (SSSR count). The van der Waals surface area contributed by atoms with Gasteiger partial charge in [-0.3, -0.25) is 9.69 Å². The number of piperidine rings is 1. The third kappa shape index (κ3) is 5.14. The Morgan fingerprint density at radius 1 is 1.16 bits per heavy atom. The van der Waals surface area contributed by atoms with Crippen LogP contribution in [0.15, 0.2) is 54.5 Å². The molecule has 0 bridgehead atoms. The van der Waals surface area contributed by atoms with Crippen molar-refractivity contribution in [1.82, 2.24) is 19.4 Å².